The lowest BCUT2D eigenvalue weighted by Gasteiger charge is -2.37. The molecule has 1 N–H and O–H groups in total. The van der Waals surface area contributed by atoms with E-state index in [0.29, 0.717) is 18.6 Å². The number of carbonyl (C=O) groups is 1. The number of ether oxygens (including phenoxy) is 2. The number of hydrogen-bond donors (Lipinski definition) is 1. The number of carboxylic acid groups (broad SMARTS) is 1. The van der Waals surface area contributed by atoms with E-state index in [-0.39, 0.29) is 12.0 Å². The molecule has 0 bridgehead atoms. The van der Waals surface area contributed by atoms with Gasteiger partial charge in [-0.15, -0.1) is 0 Å². The number of para-hydroxylation sites is 1. The van der Waals surface area contributed by atoms with Crippen LogP contribution in [0.3, 0.4) is 0 Å². The first-order valence-electron chi connectivity index (χ1n) is 8.88. The maximum atomic E-state index is 11.3. The molecule has 2 aromatic carbocycles. The normalized spacial score (nSPS) is 16.8. The van der Waals surface area contributed by atoms with Crippen molar-refractivity contribution in [2.75, 3.05) is 27.3 Å². The third kappa shape index (κ3) is 3.68. The number of methoxy groups -OCH3 is 2. The zero-order chi connectivity index (χ0) is 18.5. The third-order valence-corrected chi connectivity index (χ3v) is 5.09. The number of hydrogen-bond acceptors (Lipinski definition) is 4. The highest BCUT2D eigenvalue weighted by Crippen LogP contribution is 2.41. The summed E-state index contributed by atoms with van der Waals surface area (Å²) in [5, 5.41) is 9.29. The summed E-state index contributed by atoms with van der Waals surface area (Å²) in [4.78, 5) is 13.6. The molecule has 0 aromatic heterocycles. The molecule has 3 rings (SSSR count). The van der Waals surface area contributed by atoms with Crippen molar-refractivity contribution in [1.82, 2.24) is 4.90 Å². The number of benzene rings is 2. The van der Waals surface area contributed by atoms with Gasteiger partial charge in [-0.3, -0.25) is 9.69 Å². The summed E-state index contributed by atoms with van der Waals surface area (Å²) in [7, 11) is 3.29. The van der Waals surface area contributed by atoms with Gasteiger partial charge >= 0.3 is 5.97 Å². The van der Waals surface area contributed by atoms with E-state index in [0.717, 1.165) is 30.0 Å². The number of rotatable bonds is 6. The average Bonchev–Trinajstić information content (AvgIpc) is 2.69. The standard InChI is InChI=1S/C21H25NO4/c1-25-18-10-6-9-17(20(18)26-2)19(15-7-4-3-5-8-15)22-13-11-16(12-14-22)21(23)24/h3-10,16,19H,11-14H2,1-2H3,(H,23,24). The van der Waals surface area contributed by atoms with Crippen molar-refractivity contribution >= 4 is 5.97 Å². The van der Waals surface area contributed by atoms with Crippen molar-refractivity contribution in [3.8, 4) is 11.5 Å². The van der Waals surface area contributed by atoms with Crippen LogP contribution < -0.4 is 9.47 Å². The van der Waals surface area contributed by atoms with Gasteiger partial charge in [0.2, 0.25) is 0 Å². The van der Waals surface area contributed by atoms with Crippen LogP contribution in [0.5, 0.6) is 11.5 Å². The molecule has 1 atom stereocenters. The second-order valence-electron chi connectivity index (χ2n) is 6.54. The Labute approximate surface area is 154 Å². The Bertz CT molecular complexity index is 739. The molecule has 26 heavy (non-hydrogen) atoms. The lowest BCUT2D eigenvalue weighted by atomic mass is 9.91. The second-order valence-corrected chi connectivity index (χ2v) is 6.54. The van der Waals surface area contributed by atoms with Gasteiger partial charge in [0.25, 0.3) is 0 Å². The largest absolute Gasteiger partial charge is 0.493 e. The maximum Gasteiger partial charge on any atom is 0.306 e. The molecule has 1 aliphatic heterocycles. The molecule has 5 nitrogen and oxygen atoms in total. The monoisotopic (exact) mass is 355 g/mol. The first-order valence-corrected chi connectivity index (χ1v) is 8.88. The van der Waals surface area contributed by atoms with Crippen molar-refractivity contribution in [2.45, 2.75) is 18.9 Å². The Hall–Kier alpha value is -2.53. The minimum atomic E-state index is -0.695. The Kier molecular flexibility index (Phi) is 5.78. The SMILES string of the molecule is COc1cccc(C(c2ccccc2)N2CCC(C(=O)O)CC2)c1OC. The molecule has 1 aliphatic rings. The molecule has 0 amide bonds. The van der Waals surface area contributed by atoms with E-state index in [4.69, 9.17) is 9.47 Å². The van der Waals surface area contributed by atoms with E-state index in [1.807, 2.05) is 30.3 Å². The molecule has 5 heteroatoms. The maximum absolute atomic E-state index is 11.3. The van der Waals surface area contributed by atoms with Crippen LogP contribution in [0.1, 0.15) is 30.0 Å². The van der Waals surface area contributed by atoms with E-state index in [9.17, 15) is 9.90 Å². The summed E-state index contributed by atoms with van der Waals surface area (Å²) in [6, 6.07) is 16.2. The Morgan fingerprint density at radius 3 is 2.31 bits per heavy atom. The fourth-order valence-corrected chi connectivity index (χ4v) is 3.75. The number of nitrogens with zero attached hydrogens (tertiary/aromatic N) is 1. The highest BCUT2D eigenvalue weighted by atomic mass is 16.5. The fraction of sp³-hybridized carbons (Fsp3) is 0.381. The van der Waals surface area contributed by atoms with Gasteiger partial charge < -0.3 is 14.6 Å². The molecule has 0 spiro atoms. The summed E-state index contributed by atoms with van der Waals surface area (Å²) in [5.41, 5.74) is 2.19. The van der Waals surface area contributed by atoms with Gasteiger partial charge in [-0.2, -0.15) is 0 Å². The summed E-state index contributed by atoms with van der Waals surface area (Å²) >= 11 is 0. The molecule has 0 saturated carbocycles. The van der Waals surface area contributed by atoms with E-state index in [1.165, 1.54) is 0 Å². The quantitative estimate of drug-likeness (QED) is 0.858. The van der Waals surface area contributed by atoms with Gasteiger partial charge in [-0.25, -0.2) is 0 Å². The van der Waals surface area contributed by atoms with Gasteiger partial charge in [-0.05, 0) is 37.6 Å². The van der Waals surface area contributed by atoms with Crippen molar-refractivity contribution < 1.29 is 19.4 Å². The van der Waals surface area contributed by atoms with Crippen LogP contribution in [-0.2, 0) is 4.79 Å². The fourth-order valence-electron chi connectivity index (χ4n) is 3.75. The molecule has 0 aliphatic carbocycles. The lowest BCUT2D eigenvalue weighted by Crippen LogP contribution is -2.39. The molecule has 1 heterocycles. The number of likely N-dealkylation sites (tertiary alicyclic amines) is 1. The number of aliphatic carboxylic acids is 1. The van der Waals surface area contributed by atoms with Crippen LogP contribution in [-0.4, -0.2) is 43.3 Å². The van der Waals surface area contributed by atoms with Crippen LogP contribution in [0.25, 0.3) is 0 Å². The summed E-state index contributed by atoms with van der Waals surface area (Å²) in [6.07, 6.45) is 1.32. The van der Waals surface area contributed by atoms with Gasteiger partial charge in [0, 0.05) is 5.56 Å². The van der Waals surface area contributed by atoms with E-state index >= 15 is 0 Å². The molecule has 1 saturated heterocycles. The Morgan fingerprint density at radius 2 is 1.73 bits per heavy atom. The lowest BCUT2D eigenvalue weighted by molar-refractivity contribution is -0.143. The van der Waals surface area contributed by atoms with Gasteiger partial charge in [0.1, 0.15) is 0 Å². The van der Waals surface area contributed by atoms with E-state index in [1.54, 1.807) is 14.2 Å². The highest BCUT2D eigenvalue weighted by molar-refractivity contribution is 5.70. The zero-order valence-corrected chi connectivity index (χ0v) is 15.2. The van der Waals surface area contributed by atoms with Crippen LogP contribution in [0.2, 0.25) is 0 Å². The third-order valence-electron chi connectivity index (χ3n) is 5.09. The zero-order valence-electron chi connectivity index (χ0n) is 15.2. The molecule has 138 valence electrons. The van der Waals surface area contributed by atoms with E-state index in [2.05, 4.69) is 23.1 Å². The number of carboxylic acids is 1. The second kappa shape index (κ2) is 8.23. The van der Waals surface area contributed by atoms with Gasteiger partial charge in [0.15, 0.2) is 11.5 Å². The van der Waals surface area contributed by atoms with Crippen molar-refractivity contribution in [1.29, 1.82) is 0 Å². The van der Waals surface area contributed by atoms with Crippen molar-refractivity contribution in [2.24, 2.45) is 5.92 Å². The minimum Gasteiger partial charge on any atom is -0.493 e. The molecule has 2 aromatic rings. The van der Waals surface area contributed by atoms with Gasteiger partial charge in [0.05, 0.1) is 26.2 Å². The predicted molar refractivity (Wildman–Crippen MR) is 99.8 cm³/mol. The van der Waals surface area contributed by atoms with Crippen LogP contribution in [0, 0.1) is 5.92 Å². The highest BCUT2D eigenvalue weighted by Gasteiger charge is 2.32. The Morgan fingerprint density at radius 1 is 1.04 bits per heavy atom. The average molecular weight is 355 g/mol. The topological polar surface area (TPSA) is 59.0 Å². The van der Waals surface area contributed by atoms with E-state index < -0.39 is 5.97 Å². The smallest absolute Gasteiger partial charge is 0.306 e. The molecule has 0 radical (unpaired) electrons. The van der Waals surface area contributed by atoms with Crippen LogP contribution >= 0.6 is 0 Å². The molecule has 1 unspecified atom stereocenters. The Balaban J connectivity index is 2.00. The van der Waals surface area contributed by atoms with Gasteiger partial charge in [-0.1, -0.05) is 42.5 Å². The van der Waals surface area contributed by atoms with Crippen molar-refractivity contribution in [3.05, 3.63) is 59.7 Å². The first kappa shape index (κ1) is 18.3. The molecule has 1 fully saturated rings. The predicted octanol–water partition coefficient (Wildman–Crippen LogP) is 3.59. The number of piperidine rings is 1. The summed E-state index contributed by atoms with van der Waals surface area (Å²) in [5.74, 6) is 0.477. The summed E-state index contributed by atoms with van der Waals surface area (Å²) in [6.45, 7) is 1.47. The van der Waals surface area contributed by atoms with Crippen molar-refractivity contribution in [3.63, 3.8) is 0 Å². The molecular weight excluding hydrogens is 330 g/mol. The minimum absolute atomic E-state index is 0.00371. The van der Waals surface area contributed by atoms with Crippen LogP contribution in [0.15, 0.2) is 48.5 Å². The first-order chi connectivity index (χ1) is 12.7. The van der Waals surface area contributed by atoms with Crippen LogP contribution in [0.4, 0.5) is 0 Å². The summed E-state index contributed by atoms with van der Waals surface area (Å²) < 4.78 is 11.2. The molecular formula is C21H25NO4.